The van der Waals surface area contributed by atoms with Gasteiger partial charge in [0.2, 0.25) is 0 Å². The van der Waals surface area contributed by atoms with Gasteiger partial charge < -0.3 is 9.64 Å². The van der Waals surface area contributed by atoms with Crippen molar-refractivity contribution in [3.05, 3.63) is 41.3 Å². The van der Waals surface area contributed by atoms with Gasteiger partial charge >= 0.3 is 6.09 Å². The normalized spacial score (nSPS) is 15.3. The molecule has 0 saturated carbocycles. The number of carbonyl (C=O) groups excluding carboxylic acids is 1. The van der Waals surface area contributed by atoms with E-state index in [1.54, 1.807) is 11.1 Å². The molecule has 0 saturated heterocycles. The average Bonchev–Trinajstić information content (AvgIpc) is 2.53. The third-order valence-electron chi connectivity index (χ3n) is 3.81. The Hall–Kier alpha value is -2.14. The van der Waals surface area contributed by atoms with Gasteiger partial charge in [0, 0.05) is 24.7 Å². The first kappa shape index (κ1) is 16.7. The molecule has 5 nitrogen and oxygen atoms in total. The van der Waals surface area contributed by atoms with Crippen LogP contribution in [0.5, 0.6) is 0 Å². The second-order valence-corrected chi connectivity index (χ2v) is 7.23. The lowest BCUT2D eigenvalue weighted by Crippen LogP contribution is -2.39. The standard InChI is InChI=1S/C18H20ClN3O2/c1-18(2,3)24-17(23)22-6-4-12(5-7-22)13-8-15(19)14-10-20-11-21-16(14)9-13/h4,8-11H,5-7H2,1-3H3. The highest BCUT2D eigenvalue weighted by atomic mass is 35.5. The molecule has 0 spiro atoms. The summed E-state index contributed by atoms with van der Waals surface area (Å²) >= 11 is 6.34. The second-order valence-electron chi connectivity index (χ2n) is 6.82. The van der Waals surface area contributed by atoms with Crippen molar-refractivity contribution in [2.24, 2.45) is 0 Å². The number of amides is 1. The van der Waals surface area contributed by atoms with Crippen LogP contribution in [-0.4, -0.2) is 39.7 Å². The van der Waals surface area contributed by atoms with Crippen LogP contribution in [0.1, 0.15) is 32.8 Å². The Morgan fingerprint density at radius 2 is 2.12 bits per heavy atom. The molecular weight excluding hydrogens is 326 g/mol. The van der Waals surface area contributed by atoms with Gasteiger partial charge in [0.25, 0.3) is 0 Å². The molecule has 0 fully saturated rings. The van der Waals surface area contributed by atoms with E-state index in [1.165, 1.54) is 6.33 Å². The molecule has 126 valence electrons. The van der Waals surface area contributed by atoms with Crippen molar-refractivity contribution >= 4 is 34.2 Å². The summed E-state index contributed by atoms with van der Waals surface area (Å²) in [6, 6.07) is 3.94. The molecule has 0 unspecified atom stereocenters. The molecule has 1 aromatic carbocycles. The average molecular weight is 346 g/mol. The van der Waals surface area contributed by atoms with Crippen molar-refractivity contribution in [2.75, 3.05) is 13.1 Å². The first-order chi connectivity index (χ1) is 11.3. The van der Waals surface area contributed by atoms with Crippen LogP contribution >= 0.6 is 11.6 Å². The summed E-state index contributed by atoms with van der Waals surface area (Å²) in [4.78, 5) is 22.1. The predicted molar refractivity (Wildman–Crippen MR) is 94.9 cm³/mol. The maximum atomic E-state index is 12.1. The zero-order valence-electron chi connectivity index (χ0n) is 14.0. The van der Waals surface area contributed by atoms with Crippen LogP contribution in [0, 0.1) is 0 Å². The third kappa shape index (κ3) is 3.67. The van der Waals surface area contributed by atoms with E-state index in [-0.39, 0.29) is 6.09 Å². The Bertz CT molecular complexity index is 812. The van der Waals surface area contributed by atoms with Crippen LogP contribution in [0.4, 0.5) is 4.79 Å². The van der Waals surface area contributed by atoms with Gasteiger partial charge in [0.05, 0.1) is 10.5 Å². The Balaban J connectivity index is 1.79. The summed E-state index contributed by atoms with van der Waals surface area (Å²) in [5, 5.41) is 1.48. The molecule has 6 heteroatoms. The number of carbonyl (C=O) groups is 1. The maximum Gasteiger partial charge on any atom is 0.410 e. The molecule has 24 heavy (non-hydrogen) atoms. The second kappa shape index (κ2) is 6.40. The van der Waals surface area contributed by atoms with Crippen LogP contribution in [0.3, 0.4) is 0 Å². The zero-order valence-corrected chi connectivity index (χ0v) is 14.8. The molecule has 0 N–H and O–H groups in total. The van der Waals surface area contributed by atoms with Crippen molar-refractivity contribution in [3.8, 4) is 0 Å². The Labute approximate surface area is 146 Å². The van der Waals surface area contributed by atoms with Gasteiger partial charge in [0.1, 0.15) is 11.9 Å². The van der Waals surface area contributed by atoms with Crippen LogP contribution in [-0.2, 0) is 4.74 Å². The summed E-state index contributed by atoms with van der Waals surface area (Å²) < 4.78 is 5.41. The molecular formula is C18H20ClN3O2. The molecule has 1 aliphatic heterocycles. The van der Waals surface area contributed by atoms with Gasteiger partial charge in [-0.15, -0.1) is 0 Å². The fraction of sp³-hybridized carbons (Fsp3) is 0.389. The van der Waals surface area contributed by atoms with Crippen molar-refractivity contribution in [1.82, 2.24) is 14.9 Å². The number of benzene rings is 1. The lowest BCUT2D eigenvalue weighted by Gasteiger charge is -2.29. The van der Waals surface area contributed by atoms with Crippen LogP contribution < -0.4 is 0 Å². The molecule has 0 bridgehead atoms. The van der Waals surface area contributed by atoms with Crippen molar-refractivity contribution < 1.29 is 9.53 Å². The van der Waals surface area contributed by atoms with E-state index in [2.05, 4.69) is 9.97 Å². The molecule has 2 aromatic rings. The Morgan fingerprint density at radius 3 is 2.79 bits per heavy atom. The van der Waals surface area contributed by atoms with Crippen molar-refractivity contribution in [1.29, 1.82) is 0 Å². The molecule has 0 radical (unpaired) electrons. The zero-order chi connectivity index (χ0) is 17.3. The summed E-state index contributed by atoms with van der Waals surface area (Å²) in [5.41, 5.74) is 2.54. The quantitative estimate of drug-likeness (QED) is 0.772. The summed E-state index contributed by atoms with van der Waals surface area (Å²) in [6.07, 6.45) is 5.76. The van der Waals surface area contributed by atoms with Gasteiger partial charge in [-0.2, -0.15) is 0 Å². The lowest BCUT2D eigenvalue weighted by atomic mass is 9.98. The van der Waals surface area contributed by atoms with Crippen LogP contribution in [0.2, 0.25) is 5.02 Å². The predicted octanol–water partition coefficient (Wildman–Crippen LogP) is 4.31. The number of hydrogen-bond donors (Lipinski definition) is 0. The molecule has 0 aliphatic carbocycles. The highest BCUT2D eigenvalue weighted by Crippen LogP contribution is 2.30. The topological polar surface area (TPSA) is 55.3 Å². The number of nitrogens with zero attached hydrogens (tertiary/aromatic N) is 3. The van der Waals surface area contributed by atoms with E-state index in [9.17, 15) is 4.79 Å². The highest BCUT2D eigenvalue weighted by molar-refractivity contribution is 6.35. The number of aromatic nitrogens is 2. The number of rotatable bonds is 1. The van der Waals surface area contributed by atoms with E-state index in [0.717, 1.165) is 28.5 Å². The summed E-state index contributed by atoms with van der Waals surface area (Å²) in [5.74, 6) is 0. The Kier molecular flexibility index (Phi) is 4.45. The van der Waals surface area contributed by atoms with Crippen LogP contribution in [0.15, 0.2) is 30.7 Å². The van der Waals surface area contributed by atoms with Crippen LogP contribution in [0.25, 0.3) is 16.5 Å². The van der Waals surface area contributed by atoms with Gasteiger partial charge in [-0.25, -0.2) is 14.8 Å². The number of fused-ring (bicyclic) bond motifs is 1. The van der Waals surface area contributed by atoms with Gasteiger partial charge in [-0.3, -0.25) is 0 Å². The smallest absolute Gasteiger partial charge is 0.410 e. The summed E-state index contributed by atoms with van der Waals surface area (Å²) in [6.45, 7) is 6.77. The minimum Gasteiger partial charge on any atom is -0.444 e. The van der Waals surface area contributed by atoms with E-state index in [0.29, 0.717) is 18.1 Å². The first-order valence-corrected chi connectivity index (χ1v) is 8.28. The van der Waals surface area contributed by atoms with E-state index in [1.807, 2.05) is 39.0 Å². The maximum absolute atomic E-state index is 12.1. The third-order valence-corrected chi connectivity index (χ3v) is 4.12. The minimum atomic E-state index is -0.480. The van der Waals surface area contributed by atoms with Gasteiger partial charge in [-0.1, -0.05) is 17.7 Å². The Morgan fingerprint density at radius 1 is 1.33 bits per heavy atom. The number of halogens is 1. The van der Waals surface area contributed by atoms with Crippen molar-refractivity contribution in [3.63, 3.8) is 0 Å². The van der Waals surface area contributed by atoms with E-state index >= 15 is 0 Å². The van der Waals surface area contributed by atoms with Crippen molar-refractivity contribution in [2.45, 2.75) is 32.8 Å². The fourth-order valence-electron chi connectivity index (χ4n) is 2.65. The molecule has 1 aliphatic rings. The molecule has 2 heterocycles. The van der Waals surface area contributed by atoms with Gasteiger partial charge in [-0.05, 0) is 50.5 Å². The lowest BCUT2D eigenvalue weighted by molar-refractivity contribution is 0.0270. The highest BCUT2D eigenvalue weighted by Gasteiger charge is 2.24. The SMILES string of the molecule is CC(C)(C)OC(=O)N1CC=C(c2cc(Cl)c3cncnc3c2)CC1. The largest absolute Gasteiger partial charge is 0.444 e. The number of ether oxygens (including phenoxy) is 1. The molecule has 1 amide bonds. The molecule has 3 rings (SSSR count). The number of hydrogen-bond acceptors (Lipinski definition) is 4. The van der Waals surface area contributed by atoms with E-state index in [4.69, 9.17) is 16.3 Å². The van der Waals surface area contributed by atoms with E-state index < -0.39 is 5.60 Å². The first-order valence-electron chi connectivity index (χ1n) is 7.90. The monoisotopic (exact) mass is 345 g/mol. The fourth-order valence-corrected chi connectivity index (χ4v) is 2.91. The summed E-state index contributed by atoms with van der Waals surface area (Å²) in [7, 11) is 0. The minimum absolute atomic E-state index is 0.276. The van der Waals surface area contributed by atoms with Gasteiger partial charge in [0.15, 0.2) is 0 Å². The molecule has 1 aromatic heterocycles. The molecule has 0 atom stereocenters.